The molecule has 2 aromatic carbocycles. The van der Waals surface area contributed by atoms with E-state index in [1.807, 2.05) is 19.9 Å². The predicted octanol–water partition coefficient (Wildman–Crippen LogP) is 6.09. The summed E-state index contributed by atoms with van der Waals surface area (Å²) in [6.45, 7) is 4.03. The van der Waals surface area contributed by atoms with Gasteiger partial charge in [-0.3, -0.25) is 4.79 Å². The van der Waals surface area contributed by atoms with Crippen LogP contribution in [0, 0.1) is 12.7 Å². The molecule has 4 rings (SSSR count). The highest BCUT2D eigenvalue weighted by Crippen LogP contribution is 2.29. The maximum absolute atomic E-state index is 13.3. The molecule has 0 spiro atoms. The maximum atomic E-state index is 13.3. The summed E-state index contributed by atoms with van der Waals surface area (Å²) in [7, 11) is 0. The SMILES string of the molecule is CCCNC(=O)c1ccc(-c2cnc3c(NCCC(F)(F)F)cc(Nc4ccc(F)cc4)nn23)cc1C. The van der Waals surface area contributed by atoms with Crippen molar-refractivity contribution in [3.63, 3.8) is 0 Å². The average Bonchev–Trinajstić information content (AvgIpc) is 3.27. The minimum absolute atomic E-state index is 0.163. The monoisotopic (exact) mass is 514 g/mol. The Morgan fingerprint density at radius 3 is 2.49 bits per heavy atom. The number of imidazole rings is 1. The molecule has 1 amide bonds. The normalized spacial score (nSPS) is 11.5. The van der Waals surface area contributed by atoms with Crippen molar-refractivity contribution >= 4 is 28.7 Å². The largest absolute Gasteiger partial charge is 0.390 e. The van der Waals surface area contributed by atoms with Gasteiger partial charge in [-0.25, -0.2) is 13.9 Å². The molecule has 0 fully saturated rings. The van der Waals surface area contributed by atoms with Crippen LogP contribution in [0.25, 0.3) is 16.9 Å². The van der Waals surface area contributed by atoms with Gasteiger partial charge in [-0.05, 0) is 55.3 Å². The zero-order valence-corrected chi connectivity index (χ0v) is 20.3. The molecule has 194 valence electrons. The van der Waals surface area contributed by atoms with Crippen molar-refractivity contribution in [2.45, 2.75) is 32.9 Å². The minimum Gasteiger partial charge on any atom is -0.382 e. The van der Waals surface area contributed by atoms with Crippen LogP contribution in [0.3, 0.4) is 0 Å². The third-order valence-electron chi connectivity index (χ3n) is 5.61. The summed E-state index contributed by atoms with van der Waals surface area (Å²) in [5.41, 5.74) is 3.85. The number of halogens is 4. The van der Waals surface area contributed by atoms with Crippen LogP contribution in [-0.4, -0.2) is 39.8 Å². The minimum atomic E-state index is -4.31. The Morgan fingerprint density at radius 2 is 1.81 bits per heavy atom. The van der Waals surface area contributed by atoms with Gasteiger partial charge in [-0.15, -0.1) is 5.10 Å². The number of carbonyl (C=O) groups excluding carboxylic acids is 1. The van der Waals surface area contributed by atoms with Gasteiger partial charge in [0.1, 0.15) is 5.82 Å². The van der Waals surface area contributed by atoms with Gasteiger partial charge in [-0.1, -0.05) is 13.0 Å². The summed E-state index contributed by atoms with van der Waals surface area (Å²) in [4.78, 5) is 16.8. The van der Waals surface area contributed by atoms with Gasteiger partial charge in [0.15, 0.2) is 11.5 Å². The van der Waals surface area contributed by atoms with Gasteiger partial charge in [0.05, 0.1) is 24.0 Å². The molecule has 0 unspecified atom stereocenters. The lowest BCUT2D eigenvalue weighted by atomic mass is 10.0. The summed E-state index contributed by atoms with van der Waals surface area (Å²) < 4.78 is 53.1. The van der Waals surface area contributed by atoms with Crippen LogP contribution >= 0.6 is 0 Å². The first-order valence-corrected chi connectivity index (χ1v) is 11.8. The zero-order valence-electron chi connectivity index (χ0n) is 20.3. The third kappa shape index (κ3) is 6.35. The Balaban J connectivity index is 1.72. The molecule has 7 nitrogen and oxygen atoms in total. The average molecular weight is 515 g/mol. The number of benzene rings is 2. The smallest absolute Gasteiger partial charge is 0.382 e. The van der Waals surface area contributed by atoms with Crippen LogP contribution in [-0.2, 0) is 0 Å². The van der Waals surface area contributed by atoms with E-state index in [-0.39, 0.29) is 12.5 Å². The van der Waals surface area contributed by atoms with Crippen molar-refractivity contribution in [2.24, 2.45) is 0 Å². The van der Waals surface area contributed by atoms with E-state index in [4.69, 9.17) is 0 Å². The second kappa shape index (κ2) is 10.9. The van der Waals surface area contributed by atoms with E-state index >= 15 is 0 Å². The topological polar surface area (TPSA) is 83.3 Å². The van der Waals surface area contributed by atoms with E-state index < -0.39 is 18.4 Å². The molecule has 0 bridgehead atoms. The first-order chi connectivity index (χ1) is 17.6. The Labute approximate surface area is 210 Å². The highest BCUT2D eigenvalue weighted by Gasteiger charge is 2.26. The molecule has 2 heterocycles. The molecular formula is C26H26F4N6O. The van der Waals surface area contributed by atoms with Crippen LogP contribution in [0.15, 0.2) is 54.7 Å². The molecule has 0 atom stereocenters. The molecule has 0 aliphatic rings. The lowest BCUT2D eigenvalue weighted by Gasteiger charge is -2.13. The molecule has 0 aliphatic carbocycles. The molecule has 0 radical (unpaired) electrons. The molecule has 0 aliphatic heterocycles. The number of hydrogen-bond donors (Lipinski definition) is 3. The van der Waals surface area contributed by atoms with Crippen LogP contribution in [0.4, 0.5) is 34.8 Å². The Morgan fingerprint density at radius 1 is 1.05 bits per heavy atom. The summed E-state index contributed by atoms with van der Waals surface area (Å²) >= 11 is 0. The second-order valence-corrected chi connectivity index (χ2v) is 8.53. The van der Waals surface area contributed by atoms with Gasteiger partial charge in [0, 0.05) is 36.0 Å². The summed E-state index contributed by atoms with van der Waals surface area (Å²) in [5, 5.41) is 13.3. The molecule has 0 saturated carbocycles. The van der Waals surface area contributed by atoms with Crippen molar-refractivity contribution < 1.29 is 22.4 Å². The maximum Gasteiger partial charge on any atom is 0.390 e. The van der Waals surface area contributed by atoms with Crippen LogP contribution in [0.1, 0.15) is 35.7 Å². The molecular weight excluding hydrogens is 488 g/mol. The van der Waals surface area contributed by atoms with E-state index in [1.54, 1.807) is 24.4 Å². The lowest BCUT2D eigenvalue weighted by molar-refractivity contribution is -0.131. The number of aromatic nitrogens is 3. The molecule has 2 aromatic heterocycles. The number of rotatable bonds is 9. The van der Waals surface area contributed by atoms with E-state index in [9.17, 15) is 22.4 Å². The highest BCUT2D eigenvalue weighted by atomic mass is 19.4. The standard InChI is InChI=1S/C26H26F4N6O/c1-3-11-32-25(37)20-9-4-17(13-16(20)2)22-15-33-24-21(31-12-10-26(28,29)30)14-23(35-36(22)24)34-19-7-5-18(27)6-8-19/h4-9,13-15,31H,3,10-12H2,1-2H3,(H,32,37)(H,34,35). The number of hydrogen-bond acceptors (Lipinski definition) is 5. The number of alkyl halides is 3. The van der Waals surface area contributed by atoms with Crippen LogP contribution in [0.5, 0.6) is 0 Å². The number of aryl methyl sites for hydroxylation is 1. The summed E-state index contributed by atoms with van der Waals surface area (Å²) in [6.07, 6.45) is -2.93. The number of anilines is 3. The highest BCUT2D eigenvalue weighted by molar-refractivity contribution is 5.96. The molecule has 3 N–H and O–H groups in total. The molecule has 4 aromatic rings. The van der Waals surface area contributed by atoms with Crippen molar-refractivity contribution in [1.29, 1.82) is 0 Å². The molecule has 37 heavy (non-hydrogen) atoms. The van der Waals surface area contributed by atoms with E-state index in [0.29, 0.717) is 40.6 Å². The fourth-order valence-corrected chi connectivity index (χ4v) is 3.79. The van der Waals surface area contributed by atoms with Crippen LogP contribution < -0.4 is 16.0 Å². The number of fused-ring (bicyclic) bond motifs is 1. The number of nitrogens with zero attached hydrogens (tertiary/aromatic N) is 3. The van der Waals surface area contributed by atoms with Gasteiger partial charge < -0.3 is 16.0 Å². The summed E-state index contributed by atoms with van der Waals surface area (Å²) in [5.74, 6) is -0.244. The third-order valence-corrected chi connectivity index (χ3v) is 5.61. The van der Waals surface area contributed by atoms with Gasteiger partial charge >= 0.3 is 6.18 Å². The van der Waals surface area contributed by atoms with Crippen molar-refractivity contribution in [3.8, 4) is 11.3 Å². The van der Waals surface area contributed by atoms with Gasteiger partial charge in [0.2, 0.25) is 0 Å². The van der Waals surface area contributed by atoms with E-state index in [2.05, 4.69) is 26.0 Å². The second-order valence-electron chi connectivity index (χ2n) is 8.53. The Bertz CT molecular complexity index is 1400. The lowest BCUT2D eigenvalue weighted by Crippen LogP contribution is -2.24. The Hall–Kier alpha value is -4.15. The van der Waals surface area contributed by atoms with Crippen LogP contribution in [0.2, 0.25) is 0 Å². The van der Waals surface area contributed by atoms with E-state index in [1.165, 1.54) is 28.8 Å². The Kier molecular flexibility index (Phi) is 7.61. The quantitative estimate of drug-likeness (QED) is 0.236. The molecule has 11 heteroatoms. The number of nitrogens with one attached hydrogen (secondary N) is 3. The number of carbonyl (C=O) groups is 1. The zero-order chi connectivity index (χ0) is 26.6. The van der Waals surface area contributed by atoms with Crippen molar-refractivity contribution in [1.82, 2.24) is 19.9 Å². The molecule has 0 saturated heterocycles. The van der Waals surface area contributed by atoms with Crippen molar-refractivity contribution in [2.75, 3.05) is 23.7 Å². The fraction of sp³-hybridized carbons (Fsp3) is 0.269. The van der Waals surface area contributed by atoms with Gasteiger partial charge in [-0.2, -0.15) is 13.2 Å². The van der Waals surface area contributed by atoms with Crippen molar-refractivity contribution in [3.05, 3.63) is 71.7 Å². The first-order valence-electron chi connectivity index (χ1n) is 11.8. The fourth-order valence-electron chi connectivity index (χ4n) is 3.79. The predicted molar refractivity (Wildman–Crippen MR) is 135 cm³/mol. The van der Waals surface area contributed by atoms with E-state index in [0.717, 1.165) is 17.5 Å². The first kappa shape index (κ1) is 25.9. The number of amides is 1. The summed E-state index contributed by atoms with van der Waals surface area (Å²) in [6, 6.07) is 12.5. The van der Waals surface area contributed by atoms with Gasteiger partial charge in [0.25, 0.3) is 5.91 Å².